The van der Waals surface area contributed by atoms with E-state index in [-0.39, 0.29) is 5.82 Å². The third-order valence-corrected chi connectivity index (χ3v) is 4.19. The van der Waals surface area contributed by atoms with Gasteiger partial charge in [0.25, 0.3) is 0 Å². The van der Waals surface area contributed by atoms with E-state index in [1.165, 1.54) is 11.1 Å². The van der Waals surface area contributed by atoms with Gasteiger partial charge in [-0.1, -0.05) is 53.7 Å². The molecule has 0 aliphatic carbocycles. The van der Waals surface area contributed by atoms with Crippen LogP contribution in [0.1, 0.15) is 22.6 Å². The molecule has 0 fully saturated rings. The first-order valence-corrected chi connectivity index (χ1v) is 7.78. The molecule has 0 amide bonds. The summed E-state index contributed by atoms with van der Waals surface area (Å²) in [6, 6.07) is 15.5. The molecule has 25 heavy (non-hydrogen) atoms. The van der Waals surface area contributed by atoms with Gasteiger partial charge in [-0.2, -0.15) is 18.2 Å². The van der Waals surface area contributed by atoms with E-state index in [0.717, 1.165) is 25.2 Å². The van der Waals surface area contributed by atoms with Crippen molar-refractivity contribution in [3.05, 3.63) is 71.1 Å². The SMILES string of the molecule is FC(F)(F)c1nc(-c2ccc(CN3Cc4ccccc4C3)cc2)no1. The summed E-state index contributed by atoms with van der Waals surface area (Å²) < 4.78 is 41.8. The maximum atomic E-state index is 12.5. The molecule has 0 saturated carbocycles. The van der Waals surface area contributed by atoms with E-state index in [9.17, 15) is 13.2 Å². The summed E-state index contributed by atoms with van der Waals surface area (Å²) in [7, 11) is 0. The summed E-state index contributed by atoms with van der Waals surface area (Å²) in [6.07, 6.45) is -4.63. The van der Waals surface area contributed by atoms with Crippen molar-refractivity contribution in [2.75, 3.05) is 0 Å². The molecule has 0 N–H and O–H groups in total. The van der Waals surface area contributed by atoms with Crippen LogP contribution in [-0.2, 0) is 25.8 Å². The topological polar surface area (TPSA) is 42.2 Å². The molecule has 1 aliphatic rings. The zero-order valence-electron chi connectivity index (χ0n) is 13.1. The molecule has 0 bridgehead atoms. The number of alkyl halides is 3. The second kappa shape index (κ2) is 6.00. The molecule has 2 heterocycles. The summed E-state index contributed by atoms with van der Waals surface area (Å²) in [5.74, 6) is -1.39. The Labute approximate surface area is 141 Å². The zero-order chi connectivity index (χ0) is 17.4. The van der Waals surface area contributed by atoms with Gasteiger partial charge in [-0.3, -0.25) is 4.90 Å². The molecule has 2 aromatic carbocycles. The van der Waals surface area contributed by atoms with E-state index in [4.69, 9.17) is 0 Å². The van der Waals surface area contributed by atoms with Gasteiger partial charge in [0.05, 0.1) is 0 Å². The van der Waals surface area contributed by atoms with Crippen LogP contribution in [0.3, 0.4) is 0 Å². The quantitative estimate of drug-likeness (QED) is 0.711. The minimum Gasteiger partial charge on any atom is -0.329 e. The standard InChI is InChI=1S/C18H14F3N3O/c19-18(20,21)17-22-16(23-25-17)13-7-5-12(6-8-13)9-24-10-14-3-1-2-4-15(14)11-24/h1-8H,9-11H2. The third-order valence-electron chi connectivity index (χ3n) is 4.19. The maximum absolute atomic E-state index is 12.5. The summed E-state index contributed by atoms with van der Waals surface area (Å²) in [5.41, 5.74) is 4.25. The molecule has 1 aliphatic heterocycles. The van der Waals surface area contributed by atoms with Crippen molar-refractivity contribution >= 4 is 0 Å². The molecular weight excluding hydrogens is 331 g/mol. The lowest BCUT2D eigenvalue weighted by Gasteiger charge is -2.14. The summed E-state index contributed by atoms with van der Waals surface area (Å²) in [5, 5.41) is 3.40. The van der Waals surface area contributed by atoms with Crippen LogP contribution >= 0.6 is 0 Å². The van der Waals surface area contributed by atoms with Crippen molar-refractivity contribution in [1.29, 1.82) is 0 Å². The van der Waals surface area contributed by atoms with Gasteiger partial charge < -0.3 is 4.52 Å². The van der Waals surface area contributed by atoms with Crippen LogP contribution < -0.4 is 0 Å². The average Bonchev–Trinajstić information content (AvgIpc) is 3.21. The fourth-order valence-electron chi connectivity index (χ4n) is 2.99. The first kappa shape index (κ1) is 15.8. The Kier molecular flexibility index (Phi) is 3.80. The molecule has 128 valence electrons. The van der Waals surface area contributed by atoms with E-state index >= 15 is 0 Å². The number of hydrogen-bond acceptors (Lipinski definition) is 4. The summed E-state index contributed by atoms with van der Waals surface area (Å²) in [4.78, 5) is 5.71. The van der Waals surface area contributed by atoms with Crippen molar-refractivity contribution < 1.29 is 17.7 Å². The van der Waals surface area contributed by atoms with Crippen LogP contribution in [0.4, 0.5) is 13.2 Å². The second-order valence-corrected chi connectivity index (χ2v) is 6.03. The van der Waals surface area contributed by atoms with Gasteiger partial charge in [-0.25, -0.2) is 0 Å². The molecule has 0 spiro atoms. The van der Waals surface area contributed by atoms with Crippen LogP contribution in [0, 0.1) is 0 Å². The maximum Gasteiger partial charge on any atom is 0.471 e. The van der Waals surface area contributed by atoms with E-state index < -0.39 is 12.1 Å². The summed E-state index contributed by atoms with van der Waals surface area (Å²) in [6.45, 7) is 2.57. The highest BCUT2D eigenvalue weighted by Crippen LogP contribution is 2.29. The van der Waals surface area contributed by atoms with Crippen molar-refractivity contribution in [3.8, 4) is 11.4 Å². The smallest absolute Gasteiger partial charge is 0.329 e. The van der Waals surface area contributed by atoms with Gasteiger partial charge in [0.15, 0.2) is 0 Å². The van der Waals surface area contributed by atoms with Gasteiger partial charge >= 0.3 is 12.1 Å². The molecule has 4 nitrogen and oxygen atoms in total. The molecular formula is C18H14F3N3O. The van der Waals surface area contributed by atoms with Crippen LogP contribution in [0.15, 0.2) is 53.1 Å². The number of nitrogens with zero attached hydrogens (tertiary/aromatic N) is 3. The first-order valence-electron chi connectivity index (χ1n) is 7.78. The molecule has 1 aromatic heterocycles. The van der Waals surface area contributed by atoms with Crippen molar-refractivity contribution in [3.63, 3.8) is 0 Å². The molecule has 3 aromatic rings. The lowest BCUT2D eigenvalue weighted by Crippen LogP contribution is -2.15. The first-order chi connectivity index (χ1) is 12.0. The number of halogens is 3. The van der Waals surface area contributed by atoms with Gasteiger partial charge in [0.1, 0.15) is 0 Å². The number of fused-ring (bicyclic) bond motifs is 1. The Hall–Kier alpha value is -2.67. The van der Waals surface area contributed by atoms with E-state index in [1.54, 1.807) is 12.1 Å². The van der Waals surface area contributed by atoms with Crippen LogP contribution in [0.5, 0.6) is 0 Å². The normalized spacial score (nSPS) is 14.7. The predicted octanol–water partition coefficient (Wildman–Crippen LogP) is 4.27. The Morgan fingerprint density at radius 3 is 2.16 bits per heavy atom. The Bertz CT molecular complexity index is 862. The van der Waals surface area contributed by atoms with Gasteiger partial charge in [-0.05, 0) is 16.7 Å². The predicted molar refractivity (Wildman–Crippen MR) is 84.1 cm³/mol. The molecule has 0 saturated heterocycles. The Balaban J connectivity index is 1.45. The largest absolute Gasteiger partial charge is 0.471 e. The van der Waals surface area contributed by atoms with Crippen molar-refractivity contribution in [2.45, 2.75) is 25.8 Å². The zero-order valence-corrected chi connectivity index (χ0v) is 13.1. The number of benzene rings is 2. The van der Waals surface area contributed by atoms with Crippen LogP contribution in [-0.4, -0.2) is 15.0 Å². The molecule has 0 radical (unpaired) electrons. The van der Waals surface area contributed by atoms with Crippen molar-refractivity contribution in [2.24, 2.45) is 0 Å². The van der Waals surface area contributed by atoms with Gasteiger partial charge in [-0.15, -0.1) is 0 Å². The highest BCUT2D eigenvalue weighted by Gasteiger charge is 2.38. The van der Waals surface area contributed by atoms with Gasteiger partial charge in [0, 0.05) is 25.2 Å². The number of hydrogen-bond donors (Lipinski definition) is 0. The number of rotatable bonds is 3. The van der Waals surface area contributed by atoms with Crippen LogP contribution in [0.25, 0.3) is 11.4 Å². The molecule has 7 heteroatoms. The van der Waals surface area contributed by atoms with E-state index in [1.807, 2.05) is 24.3 Å². The minimum absolute atomic E-state index is 0.0625. The third kappa shape index (κ3) is 3.28. The highest BCUT2D eigenvalue weighted by atomic mass is 19.4. The second-order valence-electron chi connectivity index (χ2n) is 6.03. The van der Waals surface area contributed by atoms with Gasteiger partial charge in [0.2, 0.25) is 5.82 Å². The molecule has 0 unspecified atom stereocenters. The Morgan fingerprint density at radius 2 is 1.60 bits per heavy atom. The summed E-state index contributed by atoms with van der Waals surface area (Å²) >= 11 is 0. The lowest BCUT2D eigenvalue weighted by atomic mass is 10.1. The van der Waals surface area contributed by atoms with E-state index in [0.29, 0.717) is 5.56 Å². The lowest BCUT2D eigenvalue weighted by molar-refractivity contribution is -0.159. The van der Waals surface area contributed by atoms with Crippen molar-refractivity contribution in [1.82, 2.24) is 15.0 Å². The van der Waals surface area contributed by atoms with E-state index in [2.05, 4.69) is 31.7 Å². The molecule has 4 rings (SSSR count). The fraction of sp³-hybridized carbons (Fsp3) is 0.222. The molecule has 0 atom stereocenters. The number of aromatic nitrogens is 2. The van der Waals surface area contributed by atoms with Crippen LogP contribution in [0.2, 0.25) is 0 Å². The monoisotopic (exact) mass is 345 g/mol. The fourth-order valence-corrected chi connectivity index (χ4v) is 2.99. The minimum atomic E-state index is -4.63. The Morgan fingerprint density at radius 1 is 0.960 bits per heavy atom. The average molecular weight is 345 g/mol. The highest BCUT2D eigenvalue weighted by molar-refractivity contribution is 5.54.